The fraction of sp³-hybridized carbons (Fsp3) is 0.417. The van der Waals surface area contributed by atoms with Crippen LogP contribution in [0.15, 0.2) is 58.0 Å². The van der Waals surface area contributed by atoms with Gasteiger partial charge >= 0.3 is 11.8 Å². The van der Waals surface area contributed by atoms with E-state index in [2.05, 4.69) is 10.3 Å². The Kier molecular flexibility index (Phi) is 7.52. The number of carbonyl (C=O) groups excluding carboxylic acids is 2. The summed E-state index contributed by atoms with van der Waals surface area (Å²) in [6, 6.07) is 9.94. The maximum absolute atomic E-state index is 12.7. The van der Waals surface area contributed by atoms with Gasteiger partial charge in [-0.15, -0.1) is 0 Å². The summed E-state index contributed by atoms with van der Waals surface area (Å²) < 4.78 is 12.1. The van der Waals surface area contributed by atoms with Gasteiger partial charge in [-0.3, -0.25) is 14.3 Å². The third-order valence-corrected chi connectivity index (χ3v) is 4.94. The largest absolute Gasteiger partial charge is 0.444 e. The van der Waals surface area contributed by atoms with E-state index in [9.17, 15) is 14.4 Å². The fourth-order valence-corrected chi connectivity index (χ4v) is 3.37. The second-order valence-electron chi connectivity index (χ2n) is 8.79. The Bertz CT molecular complexity index is 1150. The second-order valence-corrected chi connectivity index (χ2v) is 8.79. The van der Waals surface area contributed by atoms with Crippen molar-refractivity contribution in [3.8, 4) is 0 Å². The van der Waals surface area contributed by atoms with E-state index in [1.165, 1.54) is 4.57 Å². The molecule has 1 aromatic carbocycles. The van der Waals surface area contributed by atoms with Crippen molar-refractivity contribution in [2.75, 3.05) is 13.1 Å². The van der Waals surface area contributed by atoms with Crippen molar-refractivity contribution >= 4 is 23.1 Å². The van der Waals surface area contributed by atoms with Crippen LogP contribution in [0.4, 0.5) is 4.79 Å². The highest BCUT2D eigenvalue weighted by atomic mass is 16.6. The van der Waals surface area contributed by atoms with Gasteiger partial charge in [-0.2, -0.15) is 0 Å². The summed E-state index contributed by atoms with van der Waals surface area (Å²) in [5.74, 6) is -0.883. The molecule has 0 saturated carbocycles. The van der Waals surface area contributed by atoms with Gasteiger partial charge in [0.05, 0.1) is 12.1 Å². The summed E-state index contributed by atoms with van der Waals surface area (Å²) in [4.78, 5) is 43.2. The molecule has 2 amide bonds. The third kappa shape index (κ3) is 6.44. The zero-order chi connectivity index (χ0) is 24.0. The molecule has 1 atom stereocenters. The molecule has 0 radical (unpaired) electrons. The molecule has 1 unspecified atom stereocenters. The summed E-state index contributed by atoms with van der Waals surface area (Å²) in [7, 11) is 0. The predicted octanol–water partition coefficient (Wildman–Crippen LogP) is 3.49. The lowest BCUT2D eigenvalue weighted by Crippen LogP contribution is -2.39. The van der Waals surface area contributed by atoms with Crippen LogP contribution in [0.25, 0.3) is 11.1 Å². The lowest BCUT2D eigenvalue weighted by molar-refractivity contribution is -0.123. The van der Waals surface area contributed by atoms with Crippen molar-refractivity contribution in [1.82, 2.24) is 19.8 Å². The molecule has 176 valence electrons. The van der Waals surface area contributed by atoms with Crippen LogP contribution in [0, 0.1) is 0 Å². The van der Waals surface area contributed by atoms with E-state index in [4.69, 9.17) is 9.15 Å². The topological polar surface area (TPSA) is 107 Å². The van der Waals surface area contributed by atoms with E-state index in [1.807, 2.05) is 32.9 Å². The van der Waals surface area contributed by atoms with Gasteiger partial charge in [0.2, 0.25) is 5.91 Å². The average Bonchev–Trinajstić information content (AvgIpc) is 3.10. The van der Waals surface area contributed by atoms with Crippen molar-refractivity contribution in [3.63, 3.8) is 0 Å². The molecule has 3 aromatic rings. The molecule has 2 aromatic heterocycles. The lowest BCUT2D eigenvalue weighted by Gasteiger charge is -2.27. The molecule has 0 bridgehead atoms. The molecule has 2 heterocycles. The van der Waals surface area contributed by atoms with E-state index < -0.39 is 23.5 Å². The third-order valence-electron chi connectivity index (χ3n) is 4.94. The molecule has 33 heavy (non-hydrogen) atoms. The molecule has 0 saturated heterocycles. The predicted molar refractivity (Wildman–Crippen MR) is 124 cm³/mol. The van der Waals surface area contributed by atoms with E-state index >= 15 is 0 Å². The molecule has 3 rings (SSSR count). The van der Waals surface area contributed by atoms with E-state index in [0.717, 1.165) is 5.56 Å². The van der Waals surface area contributed by atoms with Crippen molar-refractivity contribution < 1.29 is 18.7 Å². The molecule has 1 N–H and O–H groups in total. The standard InChI is InChI=1S/C24H30N4O5/c1-17(28-19-10-5-6-11-20(19)32-23(28)31)21(29)26-13-8-14-27(22(30)33-24(2,3)4)16-18-9-7-12-25-15-18/h5-7,9-12,15,17H,8,13-14,16H2,1-4H3,(H,26,29). The van der Waals surface area contributed by atoms with Gasteiger partial charge in [-0.25, -0.2) is 9.59 Å². The van der Waals surface area contributed by atoms with Crippen LogP contribution in [-0.2, 0) is 16.1 Å². The minimum atomic E-state index is -0.737. The zero-order valence-corrected chi connectivity index (χ0v) is 19.4. The maximum Gasteiger partial charge on any atom is 0.420 e. The fourth-order valence-electron chi connectivity index (χ4n) is 3.37. The Balaban J connectivity index is 1.58. The molecule has 0 aliphatic heterocycles. The monoisotopic (exact) mass is 454 g/mol. The first-order valence-corrected chi connectivity index (χ1v) is 10.9. The van der Waals surface area contributed by atoms with Gasteiger partial charge in [-0.1, -0.05) is 18.2 Å². The summed E-state index contributed by atoms with van der Waals surface area (Å²) in [6.07, 6.45) is 3.46. The van der Waals surface area contributed by atoms with Crippen molar-refractivity contribution in [1.29, 1.82) is 0 Å². The Morgan fingerprint density at radius 1 is 1.21 bits per heavy atom. The number of hydrogen-bond acceptors (Lipinski definition) is 6. The van der Waals surface area contributed by atoms with Gasteiger partial charge in [0.25, 0.3) is 0 Å². The van der Waals surface area contributed by atoms with Crippen LogP contribution >= 0.6 is 0 Å². The number of amides is 2. The molecular weight excluding hydrogens is 424 g/mol. The van der Waals surface area contributed by atoms with Gasteiger partial charge in [0, 0.05) is 25.5 Å². The SMILES string of the molecule is CC(C(=O)NCCCN(Cc1cccnc1)C(=O)OC(C)(C)C)n1c(=O)oc2ccccc21. The molecular formula is C24H30N4O5. The Morgan fingerprint density at radius 2 is 1.97 bits per heavy atom. The number of ether oxygens (including phenoxy) is 1. The second kappa shape index (κ2) is 10.3. The smallest absolute Gasteiger partial charge is 0.420 e. The normalized spacial score (nSPS) is 12.4. The first kappa shape index (κ1) is 24.0. The van der Waals surface area contributed by atoms with Crippen LogP contribution in [0.3, 0.4) is 0 Å². The molecule has 0 fully saturated rings. The van der Waals surface area contributed by atoms with Gasteiger partial charge in [0.15, 0.2) is 5.58 Å². The number of carbonyl (C=O) groups is 2. The summed E-state index contributed by atoms with van der Waals surface area (Å²) in [5, 5.41) is 2.84. The van der Waals surface area contributed by atoms with Crippen molar-refractivity contribution in [2.24, 2.45) is 0 Å². The Morgan fingerprint density at radius 3 is 2.67 bits per heavy atom. The number of hydrogen-bond donors (Lipinski definition) is 1. The minimum absolute atomic E-state index is 0.306. The first-order chi connectivity index (χ1) is 15.7. The number of pyridine rings is 1. The first-order valence-electron chi connectivity index (χ1n) is 10.9. The van der Waals surface area contributed by atoms with Crippen molar-refractivity contribution in [2.45, 2.75) is 52.3 Å². The molecule has 9 heteroatoms. The quantitative estimate of drug-likeness (QED) is 0.522. The van der Waals surface area contributed by atoms with Crippen LogP contribution in [0.5, 0.6) is 0 Å². The number of para-hydroxylation sites is 2. The minimum Gasteiger partial charge on any atom is -0.444 e. The summed E-state index contributed by atoms with van der Waals surface area (Å²) in [5.41, 5.74) is 1.27. The van der Waals surface area contributed by atoms with Gasteiger partial charge in [0.1, 0.15) is 11.6 Å². The van der Waals surface area contributed by atoms with Gasteiger partial charge in [-0.05, 0) is 57.9 Å². The number of aromatic nitrogens is 2. The highest BCUT2D eigenvalue weighted by Crippen LogP contribution is 2.17. The summed E-state index contributed by atoms with van der Waals surface area (Å²) >= 11 is 0. The molecule has 9 nitrogen and oxygen atoms in total. The van der Waals surface area contributed by atoms with Crippen LogP contribution in [-0.4, -0.2) is 45.1 Å². The number of oxazole rings is 1. The highest BCUT2D eigenvalue weighted by molar-refractivity contribution is 5.82. The number of rotatable bonds is 8. The molecule has 0 aliphatic rings. The number of nitrogens with one attached hydrogen (secondary N) is 1. The highest BCUT2D eigenvalue weighted by Gasteiger charge is 2.23. The molecule has 0 spiro atoms. The van der Waals surface area contributed by atoms with E-state index in [1.54, 1.807) is 48.5 Å². The number of fused-ring (bicyclic) bond motifs is 1. The van der Waals surface area contributed by atoms with E-state index in [-0.39, 0.29) is 5.91 Å². The van der Waals surface area contributed by atoms with Crippen molar-refractivity contribution in [3.05, 3.63) is 64.9 Å². The Labute approximate surface area is 192 Å². The number of benzene rings is 1. The average molecular weight is 455 g/mol. The van der Waals surface area contributed by atoms with Gasteiger partial charge < -0.3 is 19.4 Å². The number of nitrogens with zero attached hydrogens (tertiary/aromatic N) is 3. The zero-order valence-electron chi connectivity index (χ0n) is 19.4. The van der Waals surface area contributed by atoms with Crippen LogP contribution in [0.2, 0.25) is 0 Å². The van der Waals surface area contributed by atoms with Crippen LogP contribution < -0.4 is 11.1 Å². The van der Waals surface area contributed by atoms with Crippen LogP contribution in [0.1, 0.15) is 45.7 Å². The summed E-state index contributed by atoms with van der Waals surface area (Å²) in [6.45, 7) is 8.16. The maximum atomic E-state index is 12.7. The Hall–Kier alpha value is -3.62. The van der Waals surface area contributed by atoms with E-state index in [0.29, 0.717) is 37.2 Å². The lowest BCUT2D eigenvalue weighted by atomic mass is 10.2. The molecule has 0 aliphatic carbocycles.